The maximum atomic E-state index is 12.0. The second-order valence-electron chi connectivity index (χ2n) is 4.51. The standard InChI is InChI=1S/C15H12BrN3OS/c1-19-7-3-6-12(19)9-13-14(20)18-15(21-13)17-11-5-2-4-10(16)8-11/h2-9H,1H3,(H,17,18,20). The molecule has 0 radical (unpaired) electrons. The molecular formula is C15H12BrN3OS. The lowest BCUT2D eigenvalue weighted by Crippen LogP contribution is -2.19. The third-order valence-corrected chi connectivity index (χ3v) is 4.36. The molecule has 1 aliphatic heterocycles. The molecule has 3 rings (SSSR count). The number of rotatable bonds is 2. The van der Waals surface area contributed by atoms with Crippen LogP contribution in [0, 0.1) is 0 Å². The van der Waals surface area contributed by atoms with Crippen molar-refractivity contribution in [3.8, 4) is 0 Å². The van der Waals surface area contributed by atoms with Crippen LogP contribution >= 0.6 is 27.7 Å². The van der Waals surface area contributed by atoms with Crippen molar-refractivity contribution in [1.82, 2.24) is 9.88 Å². The highest BCUT2D eigenvalue weighted by atomic mass is 79.9. The monoisotopic (exact) mass is 361 g/mol. The van der Waals surface area contributed by atoms with Crippen LogP contribution in [0.15, 0.2) is 57.0 Å². The fourth-order valence-electron chi connectivity index (χ4n) is 1.90. The van der Waals surface area contributed by atoms with E-state index in [1.165, 1.54) is 11.8 Å². The maximum Gasteiger partial charge on any atom is 0.264 e. The van der Waals surface area contributed by atoms with Gasteiger partial charge in [0.2, 0.25) is 0 Å². The quantitative estimate of drug-likeness (QED) is 0.829. The van der Waals surface area contributed by atoms with E-state index in [1.807, 2.05) is 60.3 Å². The number of amidine groups is 1. The first kappa shape index (κ1) is 14.2. The van der Waals surface area contributed by atoms with Crippen molar-refractivity contribution in [2.45, 2.75) is 0 Å². The van der Waals surface area contributed by atoms with E-state index in [0.29, 0.717) is 10.1 Å². The fraction of sp³-hybridized carbons (Fsp3) is 0.0667. The molecule has 0 unspecified atom stereocenters. The van der Waals surface area contributed by atoms with Crippen molar-refractivity contribution in [1.29, 1.82) is 0 Å². The molecule has 2 heterocycles. The topological polar surface area (TPSA) is 46.4 Å². The number of benzene rings is 1. The lowest BCUT2D eigenvalue weighted by atomic mass is 10.3. The van der Waals surface area contributed by atoms with Crippen molar-refractivity contribution in [2.24, 2.45) is 12.0 Å². The van der Waals surface area contributed by atoms with Gasteiger partial charge >= 0.3 is 0 Å². The van der Waals surface area contributed by atoms with Gasteiger partial charge in [-0.05, 0) is 48.2 Å². The third-order valence-electron chi connectivity index (χ3n) is 2.95. The highest BCUT2D eigenvalue weighted by Gasteiger charge is 2.24. The molecule has 0 aliphatic carbocycles. The van der Waals surface area contributed by atoms with E-state index in [2.05, 4.69) is 26.2 Å². The Kier molecular flexibility index (Phi) is 3.98. The summed E-state index contributed by atoms with van der Waals surface area (Å²) >= 11 is 4.75. The van der Waals surface area contributed by atoms with Crippen molar-refractivity contribution in [3.05, 3.63) is 57.7 Å². The minimum absolute atomic E-state index is 0.116. The number of aromatic nitrogens is 1. The summed E-state index contributed by atoms with van der Waals surface area (Å²) in [7, 11) is 1.94. The van der Waals surface area contributed by atoms with Crippen LogP contribution in [-0.2, 0) is 11.8 Å². The van der Waals surface area contributed by atoms with Gasteiger partial charge in [0.05, 0.1) is 10.6 Å². The number of carbonyl (C=O) groups is 1. The number of nitrogens with zero attached hydrogens (tertiary/aromatic N) is 2. The molecule has 0 bridgehead atoms. The predicted octanol–water partition coefficient (Wildman–Crippen LogP) is 3.68. The summed E-state index contributed by atoms with van der Waals surface area (Å²) in [5.41, 5.74) is 1.78. The third kappa shape index (κ3) is 3.28. The Labute approximate surface area is 135 Å². The lowest BCUT2D eigenvalue weighted by molar-refractivity contribution is -0.115. The lowest BCUT2D eigenvalue weighted by Gasteiger charge is -1.97. The van der Waals surface area contributed by atoms with Gasteiger partial charge in [0.15, 0.2) is 5.17 Å². The van der Waals surface area contributed by atoms with Crippen molar-refractivity contribution in [2.75, 3.05) is 0 Å². The summed E-state index contributed by atoms with van der Waals surface area (Å²) < 4.78 is 2.92. The van der Waals surface area contributed by atoms with E-state index in [4.69, 9.17) is 0 Å². The maximum absolute atomic E-state index is 12.0. The summed E-state index contributed by atoms with van der Waals surface area (Å²) in [5.74, 6) is -0.116. The molecule has 2 aromatic rings. The van der Waals surface area contributed by atoms with Crippen LogP contribution in [0.25, 0.3) is 6.08 Å². The van der Waals surface area contributed by atoms with Crippen LogP contribution in [-0.4, -0.2) is 15.6 Å². The Bertz CT molecular complexity index is 764. The number of hydrogen-bond donors (Lipinski definition) is 1. The van der Waals surface area contributed by atoms with Gasteiger partial charge in [0.1, 0.15) is 0 Å². The zero-order valence-electron chi connectivity index (χ0n) is 11.2. The molecule has 6 heteroatoms. The molecule has 0 atom stereocenters. The molecule has 0 saturated carbocycles. The van der Waals surface area contributed by atoms with Gasteiger partial charge in [-0.2, -0.15) is 0 Å². The highest BCUT2D eigenvalue weighted by Crippen LogP contribution is 2.28. The minimum Gasteiger partial charge on any atom is -0.351 e. The van der Waals surface area contributed by atoms with Crippen molar-refractivity contribution in [3.63, 3.8) is 0 Å². The average Bonchev–Trinajstić information content (AvgIpc) is 2.98. The number of thioether (sulfide) groups is 1. The van der Waals surface area contributed by atoms with Crippen LogP contribution in [0.5, 0.6) is 0 Å². The van der Waals surface area contributed by atoms with E-state index in [0.717, 1.165) is 15.9 Å². The van der Waals surface area contributed by atoms with Crippen LogP contribution in [0.3, 0.4) is 0 Å². The summed E-state index contributed by atoms with van der Waals surface area (Å²) in [6, 6.07) is 11.5. The van der Waals surface area contributed by atoms with Gasteiger partial charge in [-0.3, -0.25) is 4.79 Å². The second-order valence-corrected chi connectivity index (χ2v) is 6.45. The van der Waals surface area contributed by atoms with Gasteiger partial charge in [-0.15, -0.1) is 0 Å². The molecular weight excluding hydrogens is 350 g/mol. The van der Waals surface area contributed by atoms with Crippen molar-refractivity contribution < 1.29 is 4.79 Å². The highest BCUT2D eigenvalue weighted by molar-refractivity contribution is 9.10. The SMILES string of the molecule is Cn1cccc1C=C1SC(=Nc2cccc(Br)c2)NC1=O. The van der Waals surface area contributed by atoms with E-state index in [9.17, 15) is 4.79 Å². The Morgan fingerprint density at radius 1 is 1.33 bits per heavy atom. The molecule has 1 aromatic carbocycles. The van der Waals surface area contributed by atoms with Gasteiger partial charge < -0.3 is 9.88 Å². The summed E-state index contributed by atoms with van der Waals surface area (Å²) in [6.07, 6.45) is 3.81. The van der Waals surface area contributed by atoms with Gasteiger partial charge in [-0.1, -0.05) is 22.0 Å². The molecule has 1 aliphatic rings. The van der Waals surface area contributed by atoms with Gasteiger partial charge in [-0.25, -0.2) is 4.99 Å². The largest absolute Gasteiger partial charge is 0.351 e. The second kappa shape index (κ2) is 5.91. The molecule has 4 nitrogen and oxygen atoms in total. The average molecular weight is 362 g/mol. The summed E-state index contributed by atoms with van der Waals surface area (Å²) in [4.78, 5) is 17.1. The summed E-state index contributed by atoms with van der Waals surface area (Å²) in [5, 5.41) is 3.38. The van der Waals surface area contributed by atoms with E-state index >= 15 is 0 Å². The Morgan fingerprint density at radius 3 is 2.90 bits per heavy atom. The Balaban J connectivity index is 1.85. The first-order chi connectivity index (χ1) is 10.1. The number of nitrogens with one attached hydrogen (secondary N) is 1. The van der Waals surface area contributed by atoms with E-state index < -0.39 is 0 Å². The molecule has 1 saturated heterocycles. The number of carbonyl (C=O) groups excluding carboxylic acids is 1. The first-order valence-corrected chi connectivity index (χ1v) is 7.89. The summed E-state index contributed by atoms with van der Waals surface area (Å²) in [6.45, 7) is 0. The van der Waals surface area contributed by atoms with Crippen LogP contribution in [0.2, 0.25) is 0 Å². The number of hydrogen-bond acceptors (Lipinski definition) is 3. The van der Waals surface area contributed by atoms with Gasteiger partial charge in [0, 0.05) is 23.4 Å². The number of aryl methyl sites for hydroxylation is 1. The number of aliphatic imine (C=N–C) groups is 1. The first-order valence-electron chi connectivity index (χ1n) is 6.28. The zero-order chi connectivity index (χ0) is 14.8. The molecule has 0 spiro atoms. The Morgan fingerprint density at radius 2 is 2.19 bits per heavy atom. The predicted molar refractivity (Wildman–Crippen MR) is 90.4 cm³/mol. The minimum atomic E-state index is -0.116. The number of amides is 1. The van der Waals surface area contributed by atoms with Crippen LogP contribution < -0.4 is 5.32 Å². The van der Waals surface area contributed by atoms with E-state index in [1.54, 1.807) is 0 Å². The molecule has 21 heavy (non-hydrogen) atoms. The fourth-order valence-corrected chi connectivity index (χ4v) is 3.12. The molecule has 1 amide bonds. The molecule has 1 N–H and O–H groups in total. The van der Waals surface area contributed by atoms with Crippen molar-refractivity contribution >= 4 is 50.5 Å². The Hall–Kier alpha value is -1.79. The van der Waals surface area contributed by atoms with Gasteiger partial charge in [0.25, 0.3) is 5.91 Å². The number of halogens is 1. The normalized spacial score (nSPS) is 18.5. The smallest absolute Gasteiger partial charge is 0.264 e. The van der Waals surface area contributed by atoms with E-state index in [-0.39, 0.29) is 5.91 Å². The molecule has 1 fully saturated rings. The molecule has 1 aromatic heterocycles. The molecule has 106 valence electrons. The zero-order valence-corrected chi connectivity index (χ0v) is 13.6. The van der Waals surface area contributed by atoms with Crippen LogP contribution in [0.1, 0.15) is 5.69 Å². The van der Waals surface area contributed by atoms with Crippen LogP contribution in [0.4, 0.5) is 5.69 Å².